The standard InChI is InChI=1S/C15H14N2O/c18-15(17-13-8-9-13)12-6-4-11(5-7-12)14-3-1-2-10-16-14/h1-7,10,13H,8-9H2,(H,17,18). The minimum absolute atomic E-state index is 0.0186. The maximum Gasteiger partial charge on any atom is 0.251 e. The number of nitrogens with one attached hydrogen (secondary N) is 1. The second-order valence-corrected chi connectivity index (χ2v) is 4.54. The number of rotatable bonds is 3. The van der Waals surface area contributed by atoms with E-state index in [1.165, 1.54) is 0 Å². The molecular weight excluding hydrogens is 224 g/mol. The molecule has 1 N–H and O–H groups in total. The van der Waals surface area contributed by atoms with Crippen molar-refractivity contribution in [2.24, 2.45) is 0 Å². The van der Waals surface area contributed by atoms with E-state index in [-0.39, 0.29) is 5.91 Å². The molecule has 3 nitrogen and oxygen atoms in total. The lowest BCUT2D eigenvalue weighted by atomic mass is 10.1. The summed E-state index contributed by atoms with van der Waals surface area (Å²) in [4.78, 5) is 16.1. The van der Waals surface area contributed by atoms with E-state index in [1.807, 2.05) is 42.5 Å². The molecule has 1 amide bonds. The molecule has 3 heteroatoms. The van der Waals surface area contributed by atoms with Crippen LogP contribution in [0.25, 0.3) is 11.3 Å². The SMILES string of the molecule is O=C(NC1CC1)c1ccc(-c2ccccn2)cc1. The summed E-state index contributed by atoms with van der Waals surface area (Å²) in [6, 6.07) is 13.8. The Kier molecular flexibility index (Phi) is 2.81. The molecule has 1 saturated carbocycles. The van der Waals surface area contributed by atoms with Gasteiger partial charge in [0.2, 0.25) is 0 Å². The van der Waals surface area contributed by atoms with Gasteiger partial charge in [-0.3, -0.25) is 9.78 Å². The van der Waals surface area contributed by atoms with E-state index < -0.39 is 0 Å². The van der Waals surface area contributed by atoms with Gasteiger partial charge in [-0.05, 0) is 37.1 Å². The molecule has 1 aliphatic rings. The number of benzene rings is 1. The summed E-state index contributed by atoms with van der Waals surface area (Å²) >= 11 is 0. The van der Waals surface area contributed by atoms with Crippen molar-refractivity contribution in [3.8, 4) is 11.3 Å². The molecule has 1 aromatic heterocycles. The Morgan fingerprint density at radius 1 is 1.11 bits per heavy atom. The van der Waals surface area contributed by atoms with Crippen molar-refractivity contribution in [3.05, 3.63) is 54.2 Å². The Hall–Kier alpha value is -2.16. The maximum absolute atomic E-state index is 11.8. The van der Waals surface area contributed by atoms with Crippen LogP contribution in [0.15, 0.2) is 48.7 Å². The van der Waals surface area contributed by atoms with Crippen molar-refractivity contribution in [2.45, 2.75) is 18.9 Å². The number of hydrogen-bond donors (Lipinski definition) is 1. The molecule has 0 atom stereocenters. The van der Waals surface area contributed by atoms with Crippen LogP contribution < -0.4 is 5.32 Å². The van der Waals surface area contributed by atoms with Gasteiger partial charge < -0.3 is 5.32 Å². The van der Waals surface area contributed by atoms with Crippen molar-refractivity contribution < 1.29 is 4.79 Å². The molecule has 0 spiro atoms. The van der Waals surface area contributed by atoms with E-state index in [0.29, 0.717) is 11.6 Å². The Morgan fingerprint density at radius 3 is 2.50 bits per heavy atom. The first-order valence-corrected chi connectivity index (χ1v) is 6.15. The van der Waals surface area contributed by atoms with Crippen LogP contribution in [0.5, 0.6) is 0 Å². The summed E-state index contributed by atoms with van der Waals surface area (Å²) in [5, 5.41) is 2.97. The molecule has 3 rings (SSSR count). The van der Waals surface area contributed by atoms with Gasteiger partial charge >= 0.3 is 0 Å². The number of pyridine rings is 1. The fourth-order valence-electron chi connectivity index (χ4n) is 1.82. The van der Waals surface area contributed by atoms with E-state index in [2.05, 4.69) is 10.3 Å². The highest BCUT2D eigenvalue weighted by atomic mass is 16.1. The van der Waals surface area contributed by atoms with Gasteiger partial charge in [0.15, 0.2) is 0 Å². The van der Waals surface area contributed by atoms with E-state index in [0.717, 1.165) is 24.1 Å². The van der Waals surface area contributed by atoms with Crippen LogP contribution in [-0.4, -0.2) is 16.9 Å². The Morgan fingerprint density at radius 2 is 1.89 bits per heavy atom. The van der Waals surface area contributed by atoms with Crippen LogP contribution in [0.2, 0.25) is 0 Å². The highest BCUT2D eigenvalue weighted by molar-refractivity contribution is 5.95. The molecule has 1 heterocycles. The fraction of sp³-hybridized carbons (Fsp3) is 0.200. The maximum atomic E-state index is 11.8. The van der Waals surface area contributed by atoms with Crippen molar-refractivity contribution in [2.75, 3.05) is 0 Å². The quantitative estimate of drug-likeness (QED) is 0.893. The number of amides is 1. The molecule has 1 fully saturated rings. The van der Waals surface area contributed by atoms with Gasteiger partial charge in [0, 0.05) is 23.4 Å². The largest absolute Gasteiger partial charge is 0.349 e. The third-order valence-electron chi connectivity index (χ3n) is 3.02. The Balaban J connectivity index is 1.78. The molecule has 2 aromatic rings. The van der Waals surface area contributed by atoms with Gasteiger partial charge in [0.05, 0.1) is 5.69 Å². The lowest BCUT2D eigenvalue weighted by Gasteiger charge is -2.04. The second-order valence-electron chi connectivity index (χ2n) is 4.54. The minimum atomic E-state index is 0.0186. The van der Waals surface area contributed by atoms with Crippen LogP contribution in [0.3, 0.4) is 0 Å². The van der Waals surface area contributed by atoms with E-state index >= 15 is 0 Å². The van der Waals surface area contributed by atoms with Gasteiger partial charge in [-0.1, -0.05) is 18.2 Å². The molecule has 0 radical (unpaired) electrons. The lowest BCUT2D eigenvalue weighted by molar-refractivity contribution is 0.0951. The minimum Gasteiger partial charge on any atom is -0.349 e. The number of nitrogens with zero attached hydrogens (tertiary/aromatic N) is 1. The number of aromatic nitrogens is 1. The zero-order chi connectivity index (χ0) is 12.4. The van der Waals surface area contributed by atoms with Crippen LogP contribution in [-0.2, 0) is 0 Å². The first-order chi connectivity index (χ1) is 8.83. The monoisotopic (exact) mass is 238 g/mol. The molecular formula is C15H14N2O. The zero-order valence-electron chi connectivity index (χ0n) is 9.97. The third kappa shape index (κ3) is 2.40. The zero-order valence-corrected chi connectivity index (χ0v) is 9.97. The van der Waals surface area contributed by atoms with Crippen LogP contribution in [0, 0.1) is 0 Å². The first-order valence-electron chi connectivity index (χ1n) is 6.15. The van der Waals surface area contributed by atoms with E-state index in [4.69, 9.17) is 0 Å². The van der Waals surface area contributed by atoms with Gasteiger partial charge in [-0.25, -0.2) is 0 Å². The van der Waals surface area contributed by atoms with Gasteiger partial charge in [0.25, 0.3) is 5.91 Å². The van der Waals surface area contributed by atoms with E-state index in [9.17, 15) is 4.79 Å². The molecule has 1 aromatic carbocycles. The van der Waals surface area contributed by atoms with E-state index in [1.54, 1.807) is 6.20 Å². The third-order valence-corrected chi connectivity index (χ3v) is 3.02. The van der Waals surface area contributed by atoms with Crippen molar-refractivity contribution in [3.63, 3.8) is 0 Å². The topological polar surface area (TPSA) is 42.0 Å². The number of carbonyl (C=O) groups is 1. The second kappa shape index (κ2) is 4.61. The van der Waals surface area contributed by atoms with Crippen LogP contribution in [0.4, 0.5) is 0 Å². The summed E-state index contributed by atoms with van der Waals surface area (Å²) < 4.78 is 0. The highest BCUT2D eigenvalue weighted by Gasteiger charge is 2.23. The molecule has 90 valence electrons. The fourth-order valence-corrected chi connectivity index (χ4v) is 1.82. The predicted octanol–water partition coefficient (Wildman–Crippen LogP) is 2.64. The lowest BCUT2D eigenvalue weighted by Crippen LogP contribution is -2.25. The summed E-state index contributed by atoms with van der Waals surface area (Å²) in [7, 11) is 0. The number of hydrogen-bond acceptors (Lipinski definition) is 2. The smallest absolute Gasteiger partial charge is 0.251 e. The van der Waals surface area contributed by atoms with Crippen LogP contribution >= 0.6 is 0 Å². The molecule has 0 bridgehead atoms. The van der Waals surface area contributed by atoms with Gasteiger partial charge in [0.1, 0.15) is 0 Å². The van der Waals surface area contributed by atoms with Crippen molar-refractivity contribution >= 4 is 5.91 Å². The normalized spacial score (nSPS) is 14.2. The first kappa shape index (κ1) is 11.0. The van der Waals surface area contributed by atoms with Crippen molar-refractivity contribution in [1.82, 2.24) is 10.3 Å². The highest BCUT2D eigenvalue weighted by Crippen LogP contribution is 2.20. The molecule has 18 heavy (non-hydrogen) atoms. The predicted molar refractivity (Wildman–Crippen MR) is 70.2 cm³/mol. The Bertz CT molecular complexity index is 544. The molecule has 0 saturated heterocycles. The molecule has 0 unspecified atom stereocenters. The van der Waals surface area contributed by atoms with Crippen LogP contribution in [0.1, 0.15) is 23.2 Å². The molecule has 1 aliphatic carbocycles. The van der Waals surface area contributed by atoms with Gasteiger partial charge in [-0.15, -0.1) is 0 Å². The average molecular weight is 238 g/mol. The summed E-state index contributed by atoms with van der Waals surface area (Å²) in [6.45, 7) is 0. The summed E-state index contributed by atoms with van der Waals surface area (Å²) in [6.07, 6.45) is 3.98. The average Bonchev–Trinajstić information content (AvgIpc) is 3.24. The number of carbonyl (C=O) groups excluding carboxylic acids is 1. The van der Waals surface area contributed by atoms with Crippen molar-refractivity contribution in [1.29, 1.82) is 0 Å². The molecule has 0 aliphatic heterocycles. The summed E-state index contributed by atoms with van der Waals surface area (Å²) in [5.41, 5.74) is 2.66. The van der Waals surface area contributed by atoms with Gasteiger partial charge in [-0.2, -0.15) is 0 Å². The Labute approximate surface area is 106 Å². The summed E-state index contributed by atoms with van der Waals surface area (Å²) in [5.74, 6) is 0.0186.